The van der Waals surface area contributed by atoms with Crippen molar-refractivity contribution in [2.75, 3.05) is 0 Å². The van der Waals surface area contributed by atoms with Crippen molar-refractivity contribution >= 4 is 18.4 Å². The summed E-state index contributed by atoms with van der Waals surface area (Å²) in [5.41, 5.74) is 0. The number of unbranched alkanes of at least 4 members (excludes halogenated alkanes) is 11. The molecule has 0 aromatic carbocycles. The van der Waals surface area contributed by atoms with Gasteiger partial charge in [0.1, 0.15) is 0 Å². The fraction of sp³-hybridized carbons (Fsp3) is 0.920. The van der Waals surface area contributed by atoms with Crippen LogP contribution >= 0.6 is 0 Å². The number of hydrogen-bond donors (Lipinski definition) is 0. The zero-order chi connectivity index (χ0) is 22.0. The first-order valence-electron chi connectivity index (χ1n) is 12.7. The number of halogens is 3. The summed E-state index contributed by atoms with van der Waals surface area (Å²) >= 11 is -3.40. The summed E-state index contributed by atoms with van der Waals surface area (Å²) < 4.78 is 45.4. The normalized spacial score (nSPS) is 13.3. The van der Waals surface area contributed by atoms with Crippen LogP contribution in [0.1, 0.15) is 124 Å². The molecule has 0 saturated carbocycles. The summed E-state index contributed by atoms with van der Waals surface area (Å²) in [6.45, 7) is 8.58. The topological polar surface area (TPSA) is 0 Å². The van der Waals surface area contributed by atoms with Gasteiger partial charge in [0.2, 0.25) is 0 Å². The van der Waals surface area contributed by atoms with Crippen LogP contribution in [0.3, 0.4) is 0 Å². The third-order valence-electron chi connectivity index (χ3n) is 6.31. The van der Waals surface area contributed by atoms with E-state index in [2.05, 4.69) is 27.7 Å². The maximum absolute atomic E-state index is 14.2. The van der Waals surface area contributed by atoms with Gasteiger partial charge in [-0.05, 0) is 0 Å². The van der Waals surface area contributed by atoms with Crippen LogP contribution in [0.2, 0.25) is 13.3 Å². The van der Waals surface area contributed by atoms with Crippen molar-refractivity contribution < 1.29 is 13.2 Å². The van der Waals surface area contributed by atoms with Gasteiger partial charge in [0.15, 0.2) is 0 Å². The van der Waals surface area contributed by atoms with Gasteiger partial charge < -0.3 is 0 Å². The predicted octanol–water partition coefficient (Wildman–Crippen LogP) is 10.4. The molecular formula is C25H49F3Sn. The molecule has 0 radical (unpaired) electrons. The SMILES string of the molecule is CCCCCCCCCC/C=[C](\C(F)(F)F)[Sn]([CH2]CCC)([CH2]CCC)[CH2]CCC. The molecule has 174 valence electrons. The molecule has 0 N–H and O–H groups in total. The zero-order valence-corrected chi connectivity index (χ0v) is 22.8. The quantitative estimate of drug-likeness (QED) is 0.116. The van der Waals surface area contributed by atoms with Crippen molar-refractivity contribution in [1.29, 1.82) is 0 Å². The van der Waals surface area contributed by atoms with Gasteiger partial charge in [-0.2, -0.15) is 0 Å². The van der Waals surface area contributed by atoms with Gasteiger partial charge in [-0.25, -0.2) is 0 Å². The Hall–Kier alpha value is 0.329. The van der Waals surface area contributed by atoms with E-state index in [1.54, 1.807) is 6.08 Å². The van der Waals surface area contributed by atoms with Gasteiger partial charge in [0.05, 0.1) is 0 Å². The van der Waals surface area contributed by atoms with Crippen molar-refractivity contribution in [3.63, 3.8) is 0 Å². The van der Waals surface area contributed by atoms with Gasteiger partial charge in [0, 0.05) is 0 Å². The van der Waals surface area contributed by atoms with E-state index >= 15 is 0 Å². The van der Waals surface area contributed by atoms with E-state index in [0.717, 1.165) is 64.7 Å². The van der Waals surface area contributed by atoms with Crippen molar-refractivity contribution in [2.24, 2.45) is 0 Å². The van der Waals surface area contributed by atoms with Crippen molar-refractivity contribution in [3.05, 3.63) is 9.67 Å². The van der Waals surface area contributed by atoms with Crippen molar-refractivity contribution in [3.8, 4) is 0 Å². The Labute approximate surface area is 184 Å². The fourth-order valence-corrected chi connectivity index (χ4v) is 21.1. The Morgan fingerprint density at radius 2 is 0.966 bits per heavy atom. The fourth-order valence-electron chi connectivity index (χ4n) is 4.48. The van der Waals surface area contributed by atoms with E-state index in [9.17, 15) is 13.2 Å². The molecule has 4 heteroatoms. The van der Waals surface area contributed by atoms with E-state index in [-0.39, 0.29) is 3.59 Å². The minimum atomic E-state index is -4.11. The Kier molecular flexibility index (Phi) is 18.2. The third-order valence-corrected chi connectivity index (χ3v) is 22.2. The summed E-state index contributed by atoms with van der Waals surface area (Å²) in [5, 5.41) is 0. The summed E-state index contributed by atoms with van der Waals surface area (Å²) in [5.74, 6) is 0. The van der Waals surface area contributed by atoms with Crippen molar-refractivity contribution in [1.82, 2.24) is 0 Å². The first-order valence-corrected chi connectivity index (χ1v) is 20.1. The Bertz CT molecular complexity index is 380. The van der Waals surface area contributed by atoms with E-state index < -0.39 is 24.6 Å². The Morgan fingerprint density at radius 3 is 1.34 bits per heavy atom. The van der Waals surface area contributed by atoms with Gasteiger partial charge in [-0.1, -0.05) is 0 Å². The summed E-state index contributed by atoms with van der Waals surface area (Å²) in [6, 6.07) is 0. The standard InChI is InChI=1S/C13H22F3.3C4H9.Sn/c1-2-3-4-5-6-7-8-9-10-11-12-13(14,15)16;3*1-3-4-2;/h11H,2-10H2,1H3;3*1,3-4H2,2H3;. The van der Waals surface area contributed by atoms with Crippen LogP contribution in [-0.4, -0.2) is 24.6 Å². The molecule has 0 heterocycles. The molecule has 29 heavy (non-hydrogen) atoms. The number of alkyl halides is 3. The molecule has 0 aromatic rings. The van der Waals surface area contributed by atoms with Crippen LogP contribution < -0.4 is 0 Å². The monoisotopic (exact) mass is 526 g/mol. The third kappa shape index (κ3) is 13.4. The average Bonchev–Trinajstić information content (AvgIpc) is 2.68. The second-order valence-electron chi connectivity index (χ2n) is 8.97. The molecule has 0 rings (SSSR count). The second kappa shape index (κ2) is 18.0. The van der Waals surface area contributed by atoms with Crippen LogP contribution in [0.5, 0.6) is 0 Å². The van der Waals surface area contributed by atoms with Crippen LogP contribution in [-0.2, 0) is 0 Å². The Balaban J connectivity index is 5.11. The van der Waals surface area contributed by atoms with E-state index in [0.29, 0.717) is 6.42 Å². The molecular weight excluding hydrogens is 476 g/mol. The maximum atomic E-state index is 14.2. The first-order chi connectivity index (χ1) is 13.9. The molecule has 0 spiro atoms. The van der Waals surface area contributed by atoms with Gasteiger partial charge in [-0.3, -0.25) is 0 Å². The van der Waals surface area contributed by atoms with Crippen molar-refractivity contribution in [2.45, 2.75) is 143 Å². The molecule has 0 fully saturated rings. The van der Waals surface area contributed by atoms with Gasteiger partial charge >= 0.3 is 185 Å². The molecule has 0 aliphatic carbocycles. The summed E-state index contributed by atoms with van der Waals surface area (Å²) in [6.07, 6.45) is 13.8. The average molecular weight is 525 g/mol. The molecule has 0 bridgehead atoms. The van der Waals surface area contributed by atoms with Crippen LogP contribution in [0, 0.1) is 0 Å². The van der Waals surface area contributed by atoms with E-state index in [4.69, 9.17) is 0 Å². The molecule has 0 aromatic heterocycles. The number of hydrogen-bond acceptors (Lipinski definition) is 0. The zero-order valence-electron chi connectivity index (χ0n) is 19.9. The van der Waals surface area contributed by atoms with E-state index in [1.807, 2.05) is 0 Å². The van der Waals surface area contributed by atoms with E-state index in [1.165, 1.54) is 38.5 Å². The predicted molar refractivity (Wildman–Crippen MR) is 126 cm³/mol. The molecule has 0 nitrogen and oxygen atoms in total. The summed E-state index contributed by atoms with van der Waals surface area (Å²) in [7, 11) is 0. The molecule has 0 amide bonds. The molecule has 0 atom stereocenters. The molecule has 0 saturated heterocycles. The number of rotatable bonds is 19. The second-order valence-corrected chi connectivity index (χ2v) is 22.1. The van der Waals surface area contributed by atoms with Crippen LogP contribution in [0.25, 0.3) is 0 Å². The Morgan fingerprint density at radius 1 is 0.586 bits per heavy atom. The van der Waals surface area contributed by atoms with Gasteiger partial charge in [0.25, 0.3) is 0 Å². The molecule has 0 unspecified atom stereocenters. The van der Waals surface area contributed by atoms with Gasteiger partial charge in [-0.15, -0.1) is 0 Å². The molecule has 0 aliphatic heterocycles. The molecule has 0 aliphatic rings. The minimum absolute atomic E-state index is 0.0186. The van der Waals surface area contributed by atoms with Crippen LogP contribution in [0.4, 0.5) is 13.2 Å². The number of allylic oxidation sites excluding steroid dienone is 2. The first kappa shape index (κ1) is 29.3. The summed E-state index contributed by atoms with van der Waals surface area (Å²) in [4.78, 5) is 0. The van der Waals surface area contributed by atoms with Crippen LogP contribution in [0.15, 0.2) is 9.67 Å².